The molecule has 3 nitrogen and oxygen atoms in total. The van der Waals surface area contributed by atoms with Crippen LogP contribution in [0.5, 0.6) is 5.75 Å². The topological polar surface area (TPSA) is 66.5 Å². The lowest BCUT2D eigenvalue weighted by atomic mass is 9.96. The first-order valence-corrected chi connectivity index (χ1v) is 5.73. The van der Waals surface area contributed by atoms with Crippen LogP contribution in [0.25, 0.3) is 0 Å². The van der Waals surface area contributed by atoms with E-state index < -0.39 is 12.1 Å². The Labute approximate surface area is 96.9 Å². The van der Waals surface area contributed by atoms with E-state index in [1.807, 2.05) is 6.07 Å². The number of benzene rings is 1. The van der Waals surface area contributed by atoms with Crippen LogP contribution in [0.4, 0.5) is 0 Å². The number of phenolic OH excluding ortho intramolecular Hbond substituents is 1. The Hall–Kier alpha value is -1.06. The van der Waals surface area contributed by atoms with E-state index >= 15 is 0 Å². The molecule has 1 aromatic carbocycles. The lowest BCUT2D eigenvalue weighted by Crippen LogP contribution is -2.26. The summed E-state index contributed by atoms with van der Waals surface area (Å²) in [5.74, 6) is 0.745. The monoisotopic (exact) mass is 223 g/mol. The quantitative estimate of drug-likeness (QED) is 0.717. The number of aliphatic hydroxyl groups is 1. The van der Waals surface area contributed by atoms with Crippen LogP contribution in [0.15, 0.2) is 24.3 Å². The number of aromatic hydroxyl groups is 1. The van der Waals surface area contributed by atoms with E-state index in [0.29, 0.717) is 12.3 Å². The summed E-state index contributed by atoms with van der Waals surface area (Å²) >= 11 is 0. The molecule has 0 unspecified atom stereocenters. The molecule has 4 N–H and O–H groups in total. The van der Waals surface area contributed by atoms with E-state index in [0.717, 1.165) is 12.0 Å². The lowest BCUT2D eigenvalue weighted by molar-refractivity contribution is 0.128. The maximum absolute atomic E-state index is 9.90. The summed E-state index contributed by atoms with van der Waals surface area (Å²) in [5, 5.41) is 19.2. The van der Waals surface area contributed by atoms with Crippen LogP contribution in [-0.4, -0.2) is 16.3 Å². The van der Waals surface area contributed by atoms with E-state index in [-0.39, 0.29) is 5.75 Å². The van der Waals surface area contributed by atoms with Gasteiger partial charge in [0.2, 0.25) is 0 Å². The molecule has 0 saturated heterocycles. The Kier molecular flexibility index (Phi) is 4.77. The first-order chi connectivity index (χ1) is 7.50. The van der Waals surface area contributed by atoms with Gasteiger partial charge in [0.1, 0.15) is 5.75 Å². The number of hydrogen-bond donors (Lipinski definition) is 3. The van der Waals surface area contributed by atoms with Crippen molar-refractivity contribution in [3.05, 3.63) is 29.8 Å². The van der Waals surface area contributed by atoms with Crippen LogP contribution in [0.3, 0.4) is 0 Å². The van der Waals surface area contributed by atoms with Gasteiger partial charge in [0.15, 0.2) is 0 Å². The van der Waals surface area contributed by atoms with Crippen molar-refractivity contribution in [2.24, 2.45) is 11.7 Å². The molecule has 0 aliphatic rings. The second kappa shape index (κ2) is 5.87. The molecule has 0 aliphatic carbocycles. The van der Waals surface area contributed by atoms with E-state index in [4.69, 9.17) is 5.73 Å². The van der Waals surface area contributed by atoms with Crippen molar-refractivity contribution < 1.29 is 10.2 Å². The third kappa shape index (κ3) is 3.83. The molecule has 0 bridgehead atoms. The van der Waals surface area contributed by atoms with Crippen molar-refractivity contribution in [1.29, 1.82) is 0 Å². The fourth-order valence-corrected chi connectivity index (χ4v) is 1.64. The van der Waals surface area contributed by atoms with E-state index in [1.165, 1.54) is 0 Å². The number of aliphatic hydroxyl groups excluding tert-OH is 1. The molecule has 0 aliphatic heterocycles. The average molecular weight is 223 g/mol. The molecule has 0 radical (unpaired) electrons. The number of nitrogens with two attached hydrogens (primary N) is 1. The molecule has 0 saturated carbocycles. The molecule has 16 heavy (non-hydrogen) atoms. The summed E-state index contributed by atoms with van der Waals surface area (Å²) in [6.07, 6.45) is 1.09. The zero-order valence-electron chi connectivity index (χ0n) is 9.93. The van der Waals surface area contributed by atoms with Gasteiger partial charge in [-0.15, -0.1) is 0 Å². The van der Waals surface area contributed by atoms with Gasteiger partial charge in [0.25, 0.3) is 0 Å². The zero-order valence-corrected chi connectivity index (χ0v) is 9.93. The van der Waals surface area contributed by atoms with Crippen molar-refractivity contribution >= 4 is 0 Å². The van der Waals surface area contributed by atoms with Crippen LogP contribution in [0, 0.1) is 5.92 Å². The number of rotatable bonds is 5. The summed E-state index contributed by atoms with van der Waals surface area (Å²) in [7, 11) is 0. The van der Waals surface area contributed by atoms with Gasteiger partial charge in [-0.2, -0.15) is 0 Å². The van der Waals surface area contributed by atoms with Gasteiger partial charge in [-0.05, 0) is 36.5 Å². The van der Waals surface area contributed by atoms with Crippen molar-refractivity contribution in [2.45, 2.75) is 38.8 Å². The molecule has 90 valence electrons. The number of phenols is 1. The highest BCUT2D eigenvalue weighted by Crippen LogP contribution is 2.22. The van der Waals surface area contributed by atoms with E-state index in [2.05, 4.69) is 13.8 Å². The summed E-state index contributed by atoms with van der Waals surface area (Å²) in [6.45, 7) is 4.24. The first-order valence-electron chi connectivity index (χ1n) is 5.73. The van der Waals surface area contributed by atoms with Crippen molar-refractivity contribution in [3.63, 3.8) is 0 Å². The predicted molar refractivity (Wildman–Crippen MR) is 65.1 cm³/mol. The van der Waals surface area contributed by atoms with Gasteiger partial charge >= 0.3 is 0 Å². The van der Waals surface area contributed by atoms with E-state index in [1.54, 1.807) is 18.2 Å². The Morgan fingerprint density at radius 2 is 1.94 bits per heavy atom. The normalized spacial score (nSPS) is 15.1. The largest absolute Gasteiger partial charge is 0.508 e. The minimum absolute atomic E-state index is 0.184. The minimum atomic E-state index is -0.552. The smallest absolute Gasteiger partial charge is 0.115 e. The summed E-state index contributed by atoms with van der Waals surface area (Å²) < 4.78 is 0. The highest BCUT2D eigenvalue weighted by Gasteiger charge is 2.17. The Balaban J connectivity index is 2.59. The molecule has 0 aromatic heterocycles. The zero-order chi connectivity index (χ0) is 12.1. The van der Waals surface area contributed by atoms with Crippen LogP contribution in [0.2, 0.25) is 0 Å². The Morgan fingerprint density at radius 1 is 1.25 bits per heavy atom. The molecule has 0 spiro atoms. The van der Waals surface area contributed by atoms with Gasteiger partial charge in [-0.1, -0.05) is 26.0 Å². The lowest BCUT2D eigenvalue weighted by Gasteiger charge is -2.20. The van der Waals surface area contributed by atoms with Crippen LogP contribution in [0.1, 0.15) is 38.3 Å². The van der Waals surface area contributed by atoms with Gasteiger partial charge < -0.3 is 15.9 Å². The van der Waals surface area contributed by atoms with Gasteiger partial charge in [0, 0.05) is 0 Å². The first kappa shape index (κ1) is 13.0. The van der Waals surface area contributed by atoms with Crippen molar-refractivity contribution in [3.8, 4) is 5.75 Å². The molecule has 1 aromatic rings. The molecular formula is C13H21NO2. The van der Waals surface area contributed by atoms with Crippen LogP contribution in [-0.2, 0) is 0 Å². The summed E-state index contributed by atoms with van der Waals surface area (Å²) in [5.41, 5.74) is 6.71. The van der Waals surface area contributed by atoms with Crippen molar-refractivity contribution in [2.75, 3.05) is 0 Å². The second-order valence-corrected chi connectivity index (χ2v) is 4.66. The maximum atomic E-state index is 9.90. The molecule has 0 amide bonds. The van der Waals surface area contributed by atoms with Gasteiger partial charge in [-0.25, -0.2) is 0 Å². The third-order valence-corrected chi connectivity index (χ3v) is 2.71. The van der Waals surface area contributed by atoms with E-state index in [9.17, 15) is 10.2 Å². The summed E-state index contributed by atoms with van der Waals surface area (Å²) in [4.78, 5) is 0. The highest BCUT2D eigenvalue weighted by atomic mass is 16.3. The Bertz CT molecular complexity index is 325. The molecule has 1 rings (SSSR count). The standard InChI is InChI=1S/C13H21NO2/c1-9(2)6-7-12(16)13(14)10-4-3-5-11(15)8-10/h3-5,8-9,12-13,15-16H,6-7,14H2,1-2H3/t12-,13+/m1/s1. The average Bonchev–Trinajstić information content (AvgIpc) is 2.24. The molecular weight excluding hydrogens is 202 g/mol. The fourth-order valence-electron chi connectivity index (χ4n) is 1.64. The van der Waals surface area contributed by atoms with Gasteiger partial charge in [-0.3, -0.25) is 0 Å². The highest BCUT2D eigenvalue weighted by molar-refractivity contribution is 5.29. The fraction of sp³-hybridized carbons (Fsp3) is 0.538. The molecule has 0 fully saturated rings. The minimum Gasteiger partial charge on any atom is -0.508 e. The second-order valence-electron chi connectivity index (χ2n) is 4.66. The predicted octanol–water partition coefficient (Wildman–Crippen LogP) is 2.19. The number of hydrogen-bond acceptors (Lipinski definition) is 3. The third-order valence-electron chi connectivity index (χ3n) is 2.71. The molecule has 3 heteroatoms. The summed E-state index contributed by atoms with van der Waals surface area (Å²) in [6, 6.07) is 6.33. The van der Waals surface area contributed by atoms with Crippen LogP contribution >= 0.6 is 0 Å². The molecule has 0 heterocycles. The SMILES string of the molecule is CC(C)CC[C@@H](O)[C@@H](N)c1cccc(O)c1. The molecule has 2 atom stereocenters. The maximum Gasteiger partial charge on any atom is 0.115 e. The van der Waals surface area contributed by atoms with Gasteiger partial charge in [0.05, 0.1) is 12.1 Å². The van der Waals surface area contributed by atoms with Crippen LogP contribution < -0.4 is 5.73 Å². The Morgan fingerprint density at radius 3 is 2.50 bits per heavy atom. The van der Waals surface area contributed by atoms with Crippen molar-refractivity contribution in [1.82, 2.24) is 0 Å².